The zero-order chi connectivity index (χ0) is 23.4. The van der Waals surface area contributed by atoms with Crippen LogP contribution in [0.2, 0.25) is 5.02 Å². The molecular weight excluding hydrogens is 440 g/mol. The van der Waals surface area contributed by atoms with E-state index in [1.54, 1.807) is 21.6 Å². The maximum absolute atomic E-state index is 12.4. The van der Waals surface area contributed by atoms with Gasteiger partial charge in [-0.3, -0.25) is 9.25 Å². The molecule has 0 unspecified atom stereocenters. The third-order valence-corrected chi connectivity index (χ3v) is 5.58. The van der Waals surface area contributed by atoms with E-state index in [-0.39, 0.29) is 5.69 Å². The highest BCUT2D eigenvalue weighted by Gasteiger charge is 2.09. The van der Waals surface area contributed by atoms with Crippen molar-refractivity contribution in [3.05, 3.63) is 98.8 Å². The Kier molecular flexibility index (Phi) is 6.79. The Bertz CT molecular complexity index is 1310. The van der Waals surface area contributed by atoms with Gasteiger partial charge in [-0.25, -0.2) is 4.79 Å². The average Bonchev–Trinajstić information content (AvgIpc) is 3.20. The van der Waals surface area contributed by atoms with E-state index in [0.717, 1.165) is 33.8 Å². The van der Waals surface area contributed by atoms with Crippen LogP contribution in [0.5, 0.6) is 17.4 Å². The van der Waals surface area contributed by atoms with Crippen LogP contribution in [0.3, 0.4) is 0 Å². The molecule has 4 rings (SSSR count). The number of hydrogen-bond acceptors (Lipinski definition) is 5. The Labute approximate surface area is 197 Å². The molecule has 0 bridgehead atoms. The summed E-state index contributed by atoms with van der Waals surface area (Å²) in [7, 11) is 1.84. The summed E-state index contributed by atoms with van der Waals surface area (Å²) in [5.41, 5.74) is 3.46. The van der Waals surface area contributed by atoms with Crippen molar-refractivity contribution in [1.82, 2.24) is 19.3 Å². The molecule has 8 heteroatoms. The number of aromatic nitrogens is 4. The predicted octanol–water partition coefficient (Wildman–Crippen LogP) is 4.71. The highest BCUT2D eigenvalue weighted by Crippen LogP contribution is 2.26. The molecule has 0 radical (unpaired) electrons. The number of rotatable bonds is 8. The van der Waals surface area contributed by atoms with Gasteiger partial charge in [-0.1, -0.05) is 23.7 Å². The van der Waals surface area contributed by atoms with Gasteiger partial charge in [0.1, 0.15) is 11.5 Å². The lowest BCUT2D eigenvalue weighted by Crippen LogP contribution is -2.24. The lowest BCUT2D eigenvalue weighted by Gasteiger charge is -2.11. The van der Waals surface area contributed by atoms with Crippen molar-refractivity contribution in [3.8, 4) is 17.4 Å². The lowest BCUT2D eigenvalue weighted by molar-refractivity contribution is 0.304. The third-order valence-electron chi connectivity index (χ3n) is 5.16. The molecule has 0 aliphatic heterocycles. The summed E-state index contributed by atoms with van der Waals surface area (Å²) >= 11 is 6.06. The number of aryl methyl sites for hydroxylation is 3. The van der Waals surface area contributed by atoms with Crippen LogP contribution in [0, 0.1) is 13.8 Å². The summed E-state index contributed by atoms with van der Waals surface area (Å²) in [6.07, 6.45) is 6.06. The molecule has 0 atom stereocenters. The predicted molar refractivity (Wildman–Crippen MR) is 127 cm³/mol. The summed E-state index contributed by atoms with van der Waals surface area (Å²) in [4.78, 5) is 16.5. The van der Waals surface area contributed by atoms with Crippen molar-refractivity contribution in [1.29, 1.82) is 0 Å². The fraction of sp³-hybridized carbons (Fsp3) is 0.240. The van der Waals surface area contributed by atoms with Gasteiger partial charge in [0.25, 0.3) is 0 Å². The SMILES string of the molecule is Cc1cc(Oc2ccc(CCOc3nc(=O)n(Cc4cnn(C)c4)cc3C)cc2)ccc1Cl. The van der Waals surface area contributed by atoms with Crippen LogP contribution in [0.15, 0.2) is 65.8 Å². The largest absolute Gasteiger partial charge is 0.477 e. The van der Waals surface area contributed by atoms with E-state index in [1.165, 1.54) is 0 Å². The Morgan fingerprint density at radius 3 is 2.42 bits per heavy atom. The van der Waals surface area contributed by atoms with Crippen LogP contribution in [0.4, 0.5) is 0 Å². The molecule has 33 heavy (non-hydrogen) atoms. The van der Waals surface area contributed by atoms with Crippen molar-refractivity contribution in [3.63, 3.8) is 0 Å². The quantitative estimate of drug-likeness (QED) is 0.377. The molecule has 170 valence electrons. The van der Waals surface area contributed by atoms with Gasteiger partial charge in [0.15, 0.2) is 0 Å². The first kappa shape index (κ1) is 22.6. The van der Waals surface area contributed by atoms with Crippen molar-refractivity contribution in [2.45, 2.75) is 26.8 Å². The molecule has 0 amide bonds. The fourth-order valence-electron chi connectivity index (χ4n) is 3.40. The molecule has 2 heterocycles. The van der Waals surface area contributed by atoms with Crippen LogP contribution in [-0.4, -0.2) is 25.9 Å². The maximum atomic E-state index is 12.4. The molecule has 7 nitrogen and oxygen atoms in total. The highest BCUT2D eigenvalue weighted by atomic mass is 35.5. The Balaban J connectivity index is 1.32. The van der Waals surface area contributed by atoms with E-state index in [9.17, 15) is 4.79 Å². The molecule has 0 fully saturated rings. The van der Waals surface area contributed by atoms with E-state index >= 15 is 0 Å². The molecule has 4 aromatic rings. The number of benzene rings is 2. The van der Waals surface area contributed by atoms with Crippen LogP contribution < -0.4 is 15.2 Å². The molecule has 2 aromatic heterocycles. The van der Waals surface area contributed by atoms with Gasteiger partial charge < -0.3 is 9.47 Å². The van der Waals surface area contributed by atoms with Crippen molar-refractivity contribution >= 4 is 11.6 Å². The number of nitrogens with zero attached hydrogens (tertiary/aromatic N) is 4. The fourth-order valence-corrected chi connectivity index (χ4v) is 3.52. The van der Waals surface area contributed by atoms with E-state index in [0.29, 0.717) is 30.5 Å². The van der Waals surface area contributed by atoms with Gasteiger partial charge in [0.05, 0.1) is 19.3 Å². The first-order valence-corrected chi connectivity index (χ1v) is 11.0. The van der Waals surface area contributed by atoms with Gasteiger partial charge in [0.2, 0.25) is 5.88 Å². The molecule has 2 aromatic carbocycles. The van der Waals surface area contributed by atoms with E-state index in [4.69, 9.17) is 21.1 Å². The topological polar surface area (TPSA) is 71.2 Å². The smallest absolute Gasteiger partial charge is 0.351 e. The third kappa shape index (κ3) is 5.81. The molecule has 0 saturated heterocycles. The molecule has 0 aliphatic rings. The molecule has 0 N–H and O–H groups in total. The average molecular weight is 465 g/mol. The minimum Gasteiger partial charge on any atom is -0.477 e. The zero-order valence-corrected chi connectivity index (χ0v) is 19.5. The number of halogens is 1. The number of hydrogen-bond donors (Lipinski definition) is 0. The maximum Gasteiger partial charge on any atom is 0.351 e. The summed E-state index contributed by atoms with van der Waals surface area (Å²) < 4.78 is 14.9. The van der Waals surface area contributed by atoms with Crippen LogP contribution >= 0.6 is 11.6 Å². The van der Waals surface area contributed by atoms with Crippen molar-refractivity contribution in [2.24, 2.45) is 7.05 Å². The van der Waals surface area contributed by atoms with Gasteiger partial charge in [-0.05, 0) is 55.3 Å². The summed E-state index contributed by atoms with van der Waals surface area (Å²) in [5.74, 6) is 1.85. The Morgan fingerprint density at radius 1 is 0.970 bits per heavy atom. The first-order chi connectivity index (χ1) is 15.9. The van der Waals surface area contributed by atoms with Gasteiger partial charge in [0, 0.05) is 42.0 Å². The van der Waals surface area contributed by atoms with Crippen molar-refractivity contribution < 1.29 is 9.47 Å². The van der Waals surface area contributed by atoms with Gasteiger partial charge >= 0.3 is 5.69 Å². The van der Waals surface area contributed by atoms with Crippen molar-refractivity contribution in [2.75, 3.05) is 6.61 Å². The zero-order valence-electron chi connectivity index (χ0n) is 18.8. The van der Waals surface area contributed by atoms with E-state index < -0.39 is 0 Å². The molecule has 0 saturated carbocycles. The van der Waals surface area contributed by atoms with E-state index in [1.807, 2.05) is 69.6 Å². The second-order valence-corrected chi connectivity index (χ2v) is 8.32. The monoisotopic (exact) mass is 464 g/mol. The lowest BCUT2D eigenvalue weighted by atomic mass is 10.1. The summed E-state index contributed by atoms with van der Waals surface area (Å²) in [6, 6.07) is 13.4. The normalized spacial score (nSPS) is 10.9. The number of ether oxygens (including phenoxy) is 2. The molecule has 0 aliphatic carbocycles. The minimum atomic E-state index is -0.349. The molecular formula is C25H25ClN4O3. The first-order valence-electron chi connectivity index (χ1n) is 10.6. The minimum absolute atomic E-state index is 0.349. The van der Waals surface area contributed by atoms with Gasteiger partial charge in [-0.2, -0.15) is 10.1 Å². The Morgan fingerprint density at radius 2 is 1.73 bits per heavy atom. The summed E-state index contributed by atoms with van der Waals surface area (Å²) in [6.45, 7) is 4.66. The van der Waals surface area contributed by atoms with Crippen LogP contribution in [0.25, 0.3) is 0 Å². The molecule has 0 spiro atoms. The second kappa shape index (κ2) is 9.92. The van der Waals surface area contributed by atoms with Crippen LogP contribution in [0.1, 0.15) is 22.3 Å². The summed E-state index contributed by atoms with van der Waals surface area (Å²) in [5, 5.41) is 4.84. The van der Waals surface area contributed by atoms with E-state index in [2.05, 4.69) is 10.1 Å². The highest BCUT2D eigenvalue weighted by molar-refractivity contribution is 6.31. The second-order valence-electron chi connectivity index (χ2n) is 7.92. The Hall–Kier alpha value is -3.58. The van der Waals surface area contributed by atoms with Crippen LogP contribution in [-0.2, 0) is 20.0 Å². The van der Waals surface area contributed by atoms with Gasteiger partial charge in [-0.15, -0.1) is 0 Å². The standard InChI is InChI=1S/C25H25ClN4O3/c1-17-12-22(8-9-23(17)26)33-21-6-4-19(5-7-21)10-11-32-24-18(2)14-30(25(31)28-24)16-20-13-27-29(3)15-20/h4-9,12-15H,10-11,16H2,1-3H3.